The van der Waals surface area contributed by atoms with Crippen LogP contribution >= 0.6 is 12.2 Å². The Morgan fingerprint density at radius 2 is 1.80 bits per heavy atom. The summed E-state index contributed by atoms with van der Waals surface area (Å²) >= 11 is 4.78. The van der Waals surface area contributed by atoms with Crippen molar-refractivity contribution in [2.24, 2.45) is 11.7 Å². The normalized spacial score (nSPS) is 25.6. The molecule has 1 heterocycles. The van der Waals surface area contributed by atoms with E-state index in [4.69, 9.17) is 18.0 Å². The maximum absolute atomic E-state index is 14.3. The largest absolute Gasteiger partial charge is 0.389 e. The highest BCUT2D eigenvalue weighted by Gasteiger charge is 2.37. The number of benzene rings is 1. The van der Waals surface area contributed by atoms with E-state index < -0.39 is 11.6 Å². The van der Waals surface area contributed by atoms with E-state index >= 15 is 0 Å². The van der Waals surface area contributed by atoms with Gasteiger partial charge in [0, 0.05) is 18.2 Å². The van der Waals surface area contributed by atoms with E-state index in [9.17, 15) is 8.78 Å². The fourth-order valence-electron chi connectivity index (χ4n) is 3.67. The highest BCUT2D eigenvalue weighted by molar-refractivity contribution is 7.80. The zero-order chi connectivity index (χ0) is 14.3. The molecular formula is C15H18F2N2S. The summed E-state index contributed by atoms with van der Waals surface area (Å²) in [5, 5.41) is 0. The molecule has 1 aromatic carbocycles. The molecule has 1 aromatic rings. The van der Waals surface area contributed by atoms with Gasteiger partial charge in [-0.25, -0.2) is 8.78 Å². The summed E-state index contributed by atoms with van der Waals surface area (Å²) in [4.78, 5) is 1.93. The summed E-state index contributed by atoms with van der Waals surface area (Å²) in [5.41, 5.74) is 5.79. The van der Waals surface area contributed by atoms with Crippen LogP contribution < -0.4 is 10.6 Å². The van der Waals surface area contributed by atoms with Crippen LogP contribution in [0.2, 0.25) is 0 Å². The number of rotatable bonds is 2. The summed E-state index contributed by atoms with van der Waals surface area (Å²) in [6.07, 6.45) is 5.61. The average Bonchev–Trinajstić information content (AvgIpc) is 2.82. The van der Waals surface area contributed by atoms with Gasteiger partial charge in [0.1, 0.15) is 22.3 Å². The van der Waals surface area contributed by atoms with Crippen LogP contribution in [0.1, 0.15) is 37.7 Å². The summed E-state index contributed by atoms with van der Waals surface area (Å²) in [6.45, 7) is 0.732. The topological polar surface area (TPSA) is 29.3 Å². The van der Waals surface area contributed by atoms with E-state index in [1.54, 1.807) is 0 Å². The first kappa shape index (κ1) is 13.7. The lowest BCUT2D eigenvalue weighted by Crippen LogP contribution is -2.36. The van der Waals surface area contributed by atoms with Crippen LogP contribution in [0, 0.1) is 17.6 Å². The van der Waals surface area contributed by atoms with E-state index in [-0.39, 0.29) is 22.3 Å². The van der Waals surface area contributed by atoms with E-state index in [0.29, 0.717) is 5.92 Å². The van der Waals surface area contributed by atoms with E-state index in [1.807, 2.05) is 4.90 Å². The Hall–Kier alpha value is -1.23. The molecule has 1 aliphatic heterocycles. The third kappa shape index (κ3) is 2.28. The minimum atomic E-state index is -0.556. The van der Waals surface area contributed by atoms with Crippen molar-refractivity contribution in [3.05, 3.63) is 29.3 Å². The number of nitrogens with two attached hydrogens (primary N) is 1. The Bertz CT molecular complexity index is 524. The van der Waals surface area contributed by atoms with Crippen molar-refractivity contribution in [3.8, 4) is 0 Å². The Kier molecular flexibility index (Phi) is 3.63. The number of hydrogen-bond donors (Lipinski definition) is 1. The molecule has 2 nitrogen and oxygen atoms in total. The molecule has 0 amide bonds. The lowest BCUT2D eigenvalue weighted by molar-refractivity contribution is 0.340. The maximum atomic E-state index is 14.3. The Balaban J connectivity index is 1.96. The molecule has 1 saturated heterocycles. The van der Waals surface area contributed by atoms with Gasteiger partial charge in [-0.1, -0.05) is 25.1 Å². The minimum absolute atomic E-state index is 0.0197. The molecule has 2 fully saturated rings. The number of halogens is 2. The molecule has 108 valence electrons. The van der Waals surface area contributed by atoms with Crippen molar-refractivity contribution in [2.45, 2.75) is 38.1 Å². The zero-order valence-corrected chi connectivity index (χ0v) is 12.1. The van der Waals surface area contributed by atoms with Gasteiger partial charge < -0.3 is 10.6 Å². The minimum Gasteiger partial charge on any atom is -0.389 e. The molecule has 2 unspecified atom stereocenters. The van der Waals surface area contributed by atoms with Crippen LogP contribution in [0.15, 0.2) is 12.1 Å². The highest BCUT2D eigenvalue weighted by atomic mass is 32.1. The Morgan fingerprint density at radius 3 is 2.45 bits per heavy atom. The second-order valence-electron chi connectivity index (χ2n) is 5.75. The molecule has 0 bridgehead atoms. The molecular weight excluding hydrogens is 278 g/mol. The van der Waals surface area contributed by atoms with Gasteiger partial charge in [-0.3, -0.25) is 0 Å². The van der Waals surface area contributed by atoms with Crippen molar-refractivity contribution in [1.82, 2.24) is 0 Å². The Morgan fingerprint density at radius 1 is 1.15 bits per heavy atom. The van der Waals surface area contributed by atoms with Crippen molar-refractivity contribution in [1.29, 1.82) is 0 Å². The Labute approximate surface area is 122 Å². The van der Waals surface area contributed by atoms with Gasteiger partial charge in [0.25, 0.3) is 0 Å². The number of fused-ring (bicyclic) bond motifs is 1. The molecule has 0 spiro atoms. The summed E-state index contributed by atoms with van der Waals surface area (Å²) < 4.78 is 28.6. The fourth-order valence-corrected chi connectivity index (χ4v) is 3.78. The number of hydrogen-bond acceptors (Lipinski definition) is 2. The average molecular weight is 296 g/mol. The quantitative estimate of drug-likeness (QED) is 0.849. The predicted octanol–water partition coefficient (Wildman–Crippen LogP) is 3.37. The van der Waals surface area contributed by atoms with Gasteiger partial charge in [0.05, 0.1) is 0 Å². The molecule has 2 aliphatic rings. The van der Waals surface area contributed by atoms with Gasteiger partial charge in [-0.05, 0) is 37.3 Å². The third-order valence-corrected chi connectivity index (χ3v) is 4.83. The van der Waals surface area contributed by atoms with Gasteiger partial charge in [0.15, 0.2) is 0 Å². The van der Waals surface area contributed by atoms with Crippen molar-refractivity contribution in [2.75, 3.05) is 11.4 Å². The molecule has 2 N–H and O–H groups in total. The van der Waals surface area contributed by atoms with Crippen LogP contribution in [-0.2, 0) is 0 Å². The van der Waals surface area contributed by atoms with E-state index in [1.165, 1.54) is 25.0 Å². The lowest BCUT2D eigenvalue weighted by Gasteiger charge is -2.33. The number of nitrogens with zero attached hydrogens (tertiary/aromatic N) is 1. The summed E-state index contributed by atoms with van der Waals surface area (Å²) in [7, 11) is 0. The van der Waals surface area contributed by atoms with Gasteiger partial charge in [0.2, 0.25) is 0 Å². The van der Waals surface area contributed by atoms with Crippen molar-refractivity contribution >= 4 is 22.9 Å². The van der Waals surface area contributed by atoms with Crippen LogP contribution in [-0.4, -0.2) is 17.6 Å². The second kappa shape index (κ2) is 5.28. The van der Waals surface area contributed by atoms with Crippen LogP contribution in [0.5, 0.6) is 0 Å². The maximum Gasteiger partial charge on any atom is 0.150 e. The SMILES string of the molecule is NC(=S)c1cc(F)c(N2CCC3CCCCC32)c(F)c1. The molecule has 3 rings (SSSR count). The lowest BCUT2D eigenvalue weighted by atomic mass is 9.85. The highest BCUT2D eigenvalue weighted by Crippen LogP contribution is 2.40. The van der Waals surface area contributed by atoms with Crippen molar-refractivity contribution < 1.29 is 8.78 Å². The number of thiocarbonyl (C=S) groups is 1. The summed E-state index contributed by atoms with van der Waals surface area (Å²) in [6, 6.07) is 2.77. The summed E-state index contributed by atoms with van der Waals surface area (Å²) in [5.74, 6) is -0.532. The molecule has 20 heavy (non-hydrogen) atoms. The van der Waals surface area contributed by atoms with Crippen LogP contribution in [0.4, 0.5) is 14.5 Å². The first-order chi connectivity index (χ1) is 9.58. The first-order valence-electron chi connectivity index (χ1n) is 7.13. The fraction of sp³-hybridized carbons (Fsp3) is 0.533. The van der Waals surface area contributed by atoms with Crippen LogP contribution in [0.25, 0.3) is 0 Å². The van der Waals surface area contributed by atoms with Gasteiger partial charge in [-0.15, -0.1) is 0 Å². The number of anilines is 1. The predicted molar refractivity (Wildman–Crippen MR) is 80.0 cm³/mol. The molecule has 0 aromatic heterocycles. The monoisotopic (exact) mass is 296 g/mol. The third-order valence-electron chi connectivity index (χ3n) is 4.60. The van der Waals surface area contributed by atoms with Crippen molar-refractivity contribution in [3.63, 3.8) is 0 Å². The van der Waals surface area contributed by atoms with E-state index in [0.717, 1.165) is 25.8 Å². The molecule has 2 atom stereocenters. The van der Waals surface area contributed by atoms with E-state index in [2.05, 4.69) is 0 Å². The molecule has 5 heteroatoms. The first-order valence-corrected chi connectivity index (χ1v) is 7.54. The van der Waals surface area contributed by atoms with Crippen LogP contribution in [0.3, 0.4) is 0 Å². The van der Waals surface area contributed by atoms with Gasteiger partial charge in [-0.2, -0.15) is 0 Å². The standard InChI is InChI=1S/C15H18F2N2S/c16-11-7-10(15(18)20)8-12(17)14(11)19-6-5-9-3-1-2-4-13(9)19/h7-9,13H,1-6H2,(H2,18,20). The second-order valence-corrected chi connectivity index (χ2v) is 6.19. The van der Waals surface area contributed by atoms with Gasteiger partial charge >= 0.3 is 0 Å². The molecule has 0 radical (unpaired) electrons. The molecule has 1 saturated carbocycles. The zero-order valence-electron chi connectivity index (χ0n) is 11.2. The smallest absolute Gasteiger partial charge is 0.150 e. The molecule has 1 aliphatic carbocycles.